The molecule has 3 aromatic rings. The molecule has 0 spiro atoms. The number of fused-ring (bicyclic) bond motifs is 1. The molecular weight excluding hydrogens is 380 g/mol. The average Bonchev–Trinajstić information content (AvgIpc) is 2.79. The summed E-state index contributed by atoms with van der Waals surface area (Å²) in [5, 5.41) is 2.88. The van der Waals surface area contributed by atoms with Gasteiger partial charge in [-0.25, -0.2) is 0 Å². The number of hydrogen-bond acceptors (Lipinski definition) is 4. The minimum absolute atomic E-state index is 0.00225. The monoisotopic (exact) mass is 402 g/mol. The van der Waals surface area contributed by atoms with Gasteiger partial charge in [0.25, 0.3) is 11.8 Å². The van der Waals surface area contributed by atoms with Crippen LogP contribution in [0, 0.1) is 0 Å². The van der Waals surface area contributed by atoms with Crippen molar-refractivity contribution in [3.63, 3.8) is 0 Å². The molecule has 0 saturated carbocycles. The number of hydrogen-bond donors (Lipinski definition) is 1. The Labute approximate surface area is 175 Å². The minimum Gasteiger partial charge on any atom is -0.494 e. The standard InChI is InChI=1S/C24H22N2O4/c27-23-17-30-22-13-12-19(25-24(28)18-8-3-1-4-9-18)16-21(22)26(23)14-7-15-29-20-10-5-2-6-11-20/h1-6,8-13,16H,7,14-15,17H2,(H,25,28). The first-order valence-corrected chi connectivity index (χ1v) is 9.82. The van der Waals surface area contributed by atoms with E-state index in [0.29, 0.717) is 42.3 Å². The van der Waals surface area contributed by atoms with E-state index in [1.54, 1.807) is 35.2 Å². The van der Waals surface area contributed by atoms with Crippen LogP contribution >= 0.6 is 0 Å². The highest BCUT2D eigenvalue weighted by molar-refractivity contribution is 6.05. The van der Waals surface area contributed by atoms with Gasteiger partial charge in [-0.1, -0.05) is 36.4 Å². The number of anilines is 2. The lowest BCUT2D eigenvalue weighted by Gasteiger charge is -2.30. The van der Waals surface area contributed by atoms with E-state index in [4.69, 9.17) is 9.47 Å². The molecule has 2 amide bonds. The first-order chi connectivity index (χ1) is 14.7. The molecule has 6 heteroatoms. The third-order valence-corrected chi connectivity index (χ3v) is 4.73. The molecule has 1 heterocycles. The van der Waals surface area contributed by atoms with Gasteiger partial charge < -0.3 is 19.7 Å². The van der Waals surface area contributed by atoms with Crippen LogP contribution < -0.4 is 19.7 Å². The second-order valence-corrected chi connectivity index (χ2v) is 6.85. The Balaban J connectivity index is 1.43. The second kappa shape index (κ2) is 9.13. The van der Waals surface area contributed by atoms with Crippen LogP contribution in [0.3, 0.4) is 0 Å². The van der Waals surface area contributed by atoms with Crippen LogP contribution in [0.5, 0.6) is 11.5 Å². The Morgan fingerprint density at radius 1 is 1.00 bits per heavy atom. The first kappa shape index (κ1) is 19.5. The molecule has 0 aromatic heterocycles. The Morgan fingerprint density at radius 3 is 2.50 bits per heavy atom. The van der Waals surface area contributed by atoms with Gasteiger partial charge in [-0.15, -0.1) is 0 Å². The molecule has 1 aliphatic heterocycles. The quantitative estimate of drug-likeness (QED) is 0.604. The molecule has 152 valence electrons. The van der Waals surface area contributed by atoms with Crippen LogP contribution in [0.15, 0.2) is 78.9 Å². The van der Waals surface area contributed by atoms with Crippen LogP contribution in [0.2, 0.25) is 0 Å². The Hall–Kier alpha value is -3.80. The highest BCUT2D eigenvalue weighted by Crippen LogP contribution is 2.34. The van der Waals surface area contributed by atoms with E-state index < -0.39 is 0 Å². The zero-order valence-electron chi connectivity index (χ0n) is 16.4. The number of amides is 2. The molecule has 4 rings (SSSR count). The van der Waals surface area contributed by atoms with Gasteiger partial charge in [-0.2, -0.15) is 0 Å². The SMILES string of the molecule is O=C(Nc1ccc2c(c1)N(CCCOc1ccccc1)C(=O)CO2)c1ccccc1. The zero-order chi connectivity index (χ0) is 20.8. The minimum atomic E-state index is -0.207. The van der Waals surface area contributed by atoms with Gasteiger partial charge in [-0.3, -0.25) is 9.59 Å². The lowest BCUT2D eigenvalue weighted by molar-refractivity contribution is -0.121. The number of ether oxygens (including phenoxy) is 2. The van der Waals surface area contributed by atoms with Gasteiger partial charge >= 0.3 is 0 Å². The molecule has 0 aliphatic carbocycles. The van der Waals surface area contributed by atoms with Gasteiger partial charge in [0, 0.05) is 17.8 Å². The molecule has 30 heavy (non-hydrogen) atoms. The summed E-state index contributed by atoms with van der Waals surface area (Å²) in [4.78, 5) is 26.6. The molecule has 6 nitrogen and oxygen atoms in total. The van der Waals surface area contributed by atoms with Crippen LogP contribution in [0.1, 0.15) is 16.8 Å². The number of rotatable bonds is 7. The summed E-state index contributed by atoms with van der Waals surface area (Å²) >= 11 is 0. The van der Waals surface area contributed by atoms with E-state index in [0.717, 1.165) is 5.75 Å². The van der Waals surface area contributed by atoms with Gasteiger partial charge in [0.05, 0.1) is 12.3 Å². The summed E-state index contributed by atoms with van der Waals surface area (Å²) in [6.45, 7) is 0.995. The average molecular weight is 402 g/mol. The number of nitrogens with zero attached hydrogens (tertiary/aromatic N) is 1. The summed E-state index contributed by atoms with van der Waals surface area (Å²) in [5.74, 6) is 1.10. The normalized spacial score (nSPS) is 12.7. The van der Waals surface area contributed by atoms with Crippen molar-refractivity contribution in [2.45, 2.75) is 6.42 Å². The number of para-hydroxylation sites is 1. The fourth-order valence-corrected chi connectivity index (χ4v) is 3.25. The van der Waals surface area contributed by atoms with Crippen LogP contribution in [0.4, 0.5) is 11.4 Å². The highest BCUT2D eigenvalue weighted by atomic mass is 16.5. The largest absolute Gasteiger partial charge is 0.494 e. The summed E-state index contributed by atoms with van der Waals surface area (Å²) in [6.07, 6.45) is 0.667. The number of carbonyl (C=O) groups excluding carboxylic acids is 2. The van der Waals surface area contributed by atoms with E-state index in [1.165, 1.54) is 0 Å². The number of benzene rings is 3. The van der Waals surface area contributed by atoms with Gasteiger partial charge in [0.1, 0.15) is 11.5 Å². The summed E-state index contributed by atoms with van der Waals surface area (Å²) < 4.78 is 11.3. The molecule has 0 bridgehead atoms. The Kier molecular flexibility index (Phi) is 5.94. The Morgan fingerprint density at radius 2 is 1.73 bits per heavy atom. The molecule has 1 aliphatic rings. The van der Waals surface area contributed by atoms with E-state index in [1.807, 2.05) is 48.5 Å². The first-order valence-electron chi connectivity index (χ1n) is 9.82. The van der Waals surface area contributed by atoms with E-state index >= 15 is 0 Å². The van der Waals surface area contributed by atoms with Gasteiger partial charge in [0.15, 0.2) is 6.61 Å². The summed E-state index contributed by atoms with van der Waals surface area (Å²) in [7, 11) is 0. The zero-order valence-corrected chi connectivity index (χ0v) is 16.4. The molecular formula is C24H22N2O4. The van der Waals surface area contributed by atoms with E-state index in [2.05, 4.69) is 5.32 Å². The Bertz CT molecular complexity index is 1020. The predicted molar refractivity (Wildman–Crippen MR) is 115 cm³/mol. The van der Waals surface area contributed by atoms with Gasteiger partial charge in [0.2, 0.25) is 0 Å². The van der Waals surface area contributed by atoms with Crippen molar-refractivity contribution in [1.82, 2.24) is 0 Å². The van der Waals surface area contributed by atoms with Crippen molar-refractivity contribution in [3.05, 3.63) is 84.4 Å². The molecule has 0 radical (unpaired) electrons. The van der Waals surface area contributed by atoms with Crippen molar-refractivity contribution >= 4 is 23.2 Å². The van der Waals surface area contributed by atoms with Crippen LogP contribution in [-0.2, 0) is 4.79 Å². The predicted octanol–water partition coefficient (Wildman–Crippen LogP) is 4.13. The topological polar surface area (TPSA) is 67.9 Å². The molecule has 3 aromatic carbocycles. The molecule has 1 N–H and O–H groups in total. The smallest absolute Gasteiger partial charge is 0.265 e. The van der Waals surface area contributed by atoms with Crippen molar-refractivity contribution < 1.29 is 19.1 Å². The fourth-order valence-electron chi connectivity index (χ4n) is 3.25. The third-order valence-electron chi connectivity index (χ3n) is 4.73. The number of carbonyl (C=O) groups is 2. The maximum atomic E-state index is 12.4. The summed E-state index contributed by atoms with van der Waals surface area (Å²) in [6, 6.07) is 23.9. The molecule has 0 fully saturated rings. The maximum absolute atomic E-state index is 12.4. The molecule has 0 atom stereocenters. The molecule has 0 saturated heterocycles. The second-order valence-electron chi connectivity index (χ2n) is 6.85. The third kappa shape index (κ3) is 4.60. The maximum Gasteiger partial charge on any atom is 0.265 e. The lowest BCUT2D eigenvalue weighted by atomic mass is 10.1. The van der Waals surface area contributed by atoms with Crippen molar-refractivity contribution in [1.29, 1.82) is 0 Å². The highest BCUT2D eigenvalue weighted by Gasteiger charge is 2.25. The van der Waals surface area contributed by atoms with Crippen LogP contribution in [0.25, 0.3) is 0 Å². The lowest BCUT2D eigenvalue weighted by Crippen LogP contribution is -2.39. The summed E-state index contributed by atoms with van der Waals surface area (Å²) in [5.41, 5.74) is 1.82. The van der Waals surface area contributed by atoms with E-state index in [-0.39, 0.29) is 18.4 Å². The van der Waals surface area contributed by atoms with Gasteiger partial charge in [-0.05, 0) is 48.9 Å². The van der Waals surface area contributed by atoms with E-state index in [9.17, 15) is 9.59 Å². The number of nitrogens with one attached hydrogen (secondary N) is 1. The van der Waals surface area contributed by atoms with Crippen molar-refractivity contribution in [2.24, 2.45) is 0 Å². The van der Waals surface area contributed by atoms with Crippen molar-refractivity contribution in [2.75, 3.05) is 30.0 Å². The fraction of sp³-hybridized carbons (Fsp3) is 0.167. The van der Waals surface area contributed by atoms with Crippen molar-refractivity contribution in [3.8, 4) is 11.5 Å². The molecule has 0 unspecified atom stereocenters. The van der Waals surface area contributed by atoms with Crippen LogP contribution in [-0.4, -0.2) is 31.6 Å².